The molecule has 168 valence electrons. The van der Waals surface area contributed by atoms with Gasteiger partial charge in [0.1, 0.15) is 10.5 Å². The molecule has 0 atom stereocenters. The minimum absolute atomic E-state index is 0.109. The number of aryl methyl sites for hydroxylation is 1. The van der Waals surface area contributed by atoms with Crippen molar-refractivity contribution in [2.75, 3.05) is 42.1 Å². The van der Waals surface area contributed by atoms with Gasteiger partial charge in [0, 0.05) is 37.4 Å². The Morgan fingerprint density at radius 3 is 2.55 bits per heavy atom. The molecule has 2 aromatic carbocycles. The van der Waals surface area contributed by atoms with E-state index in [1.54, 1.807) is 17.0 Å². The standard InChI is InChI=1S/C23H22FN7OS/c1-14-3-2-4-17(13-14)26-22(32)30-9-11-31(12-10-30)23-29-20-19(33-23)18(27-21(25)28-20)15-5-7-16(24)8-6-15/h2-8,13H,9-12H2,1H3,(H,26,32)(H2,25,27,28). The maximum absolute atomic E-state index is 13.4. The largest absolute Gasteiger partial charge is 0.368 e. The summed E-state index contributed by atoms with van der Waals surface area (Å²) in [5.74, 6) is -0.192. The first-order chi connectivity index (χ1) is 16.0. The first-order valence-electron chi connectivity index (χ1n) is 10.5. The number of piperazine rings is 1. The summed E-state index contributed by atoms with van der Waals surface area (Å²) in [6.07, 6.45) is 0. The lowest BCUT2D eigenvalue weighted by Gasteiger charge is -2.34. The molecule has 4 aromatic rings. The smallest absolute Gasteiger partial charge is 0.321 e. The molecule has 1 saturated heterocycles. The molecule has 0 saturated carbocycles. The van der Waals surface area contributed by atoms with E-state index in [1.807, 2.05) is 31.2 Å². The normalized spacial score (nSPS) is 14.0. The molecule has 1 fully saturated rings. The summed E-state index contributed by atoms with van der Waals surface area (Å²) in [6.45, 7) is 4.44. The molecule has 10 heteroatoms. The molecule has 5 rings (SSSR count). The number of nitrogens with one attached hydrogen (secondary N) is 1. The van der Waals surface area contributed by atoms with E-state index in [0.29, 0.717) is 37.5 Å². The van der Waals surface area contributed by atoms with Crippen LogP contribution < -0.4 is 16.0 Å². The number of thiazole rings is 1. The topological polar surface area (TPSA) is 100 Å². The molecule has 0 radical (unpaired) electrons. The van der Waals surface area contributed by atoms with Crippen LogP contribution in [0.15, 0.2) is 48.5 Å². The van der Waals surface area contributed by atoms with Gasteiger partial charge in [0.05, 0.1) is 5.69 Å². The number of halogens is 1. The highest BCUT2D eigenvalue weighted by Gasteiger charge is 2.24. The van der Waals surface area contributed by atoms with Gasteiger partial charge in [-0.05, 0) is 48.9 Å². The highest BCUT2D eigenvalue weighted by Crippen LogP contribution is 2.35. The maximum Gasteiger partial charge on any atom is 0.321 e. The average Bonchev–Trinajstić information content (AvgIpc) is 3.23. The third-order valence-electron chi connectivity index (χ3n) is 5.48. The lowest BCUT2D eigenvalue weighted by atomic mass is 10.1. The van der Waals surface area contributed by atoms with Crippen LogP contribution in [-0.2, 0) is 0 Å². The number of carbonyl (C=O) groups is 1. The number of amides is 2. The third-order valence-corrected chi connectivity index (χ3v) is 6.60. The summed E-state index contributed by atoms with van der Waals surface area (Å²) in [7, 11) is 0. The summed E-state index contributed by atoms with van der Waals surface area (Å²) < 4.78 is 14.2. The third kappa shape index (κ3) is 4.42. The quantitative estimate of drug-likeness (QED) is 0.474. The molecular formula is C23H22FN7OS. The molecule has 3 heterocycles. The zero-order valence-corrected chi connectivity index (χ0v) is 18.8. The average molecular weight is 464 g/mol. The number of benzene rings is 2. The number of nitrogen functional groups attached to an aromatic ring is 1. The zero-order valence-electron chi connectivity index (χ0n) is 18.0. The molecule has 0 spiro atoms. The fourth-order valence-corrected chi connectivity index (χ4v) is 4.86. The van der Waals surface area contributed by atoms with Gasteiger partial charge in [0.15, 0.2) is 10.8 Å². The number of rotatable bonds is 3. The summed E-state index contributed by atoms with van der Waals surface area (Å²) in [6, 6.07) is 13.8. The molecular weight excluding hydrogens is 441 g/mol. The van der Waals surface area contributed by atoms with Crippen molar-refractivity contribution in [2.45, 2.75) is 6.92 Å². The molecule has 0 unspecified atom stereocenters. The van der Waals surface area contributed by atoms with Crippen LogP contribution in [0.2, 0.25) is 0 Å². The number of hydrogen-bond donors (Lipinski definition) is 2. The van der Waals surface area contributed by atoms with Crippen LogP contribution in [0.4, 0.5) is 26.0 Å². The van der Waals surface area contributed by atoms with Gasteiger partial charge >= 0.3 is 6.03 Å². The Morgan fingerprint density at radius 2 is 1.82 bits per heavy atom. The number of carbonyl (C=O) groups excluding carboxylic acids is 1. The van der Waals surface area contributed by atoms with Gasteiger partial charge in [-0.25, -0.2) is 14.2 Å². The highest BCUT2D eigenvalue weighted by molar-refractivity contribution is 7.22. The Morgan fingerprint density at radius 1 is 1.06 bits per heavy atom. The van der Waals surface area contributed by atoms with E-state index in [2.05, 4.69) is 25.2 Å². The monoisotopic (exact) mass is 463 g/mol. The number of hydrogen-bond acceptors (Lipinski definition) is 7. The summed E-state index contributed by atoms with van der Waals surface area (Å²) >= 11 is 1.47. The molecule has 33 heavy (non-hydrogen) atoms. The fourth-order valence-electron chi connectivity index (χ4n) is 3.79. The number of nitrogens with two attached hydrogens (primary N) is 1. The van der Waals surface area contributed by atoms with Crippen molar-refractivity contribution in [1.29, 1.82) is 0 Å². The number of urea groups is 1. The number of fused-ring (bicyclic) bond motifs is 1. The Balaban J connectivity index is 1.32. The SMILES string of the molecule is Cc1cccc(NC(=O)N2CCN(c3nc4nc(N)nc(-c5ccc(F)cc5)c4s3)CC2)c1. The van der Waals surface area contributed by atoms with Crippen molar-refractivity contribution in [2.24, 2.45) is 0 Å². The Bertz CT molecular complexity index is 1320. The van der Waals surface area contributed by atoms with Crippen molar-refractivity contribution in [3.05, 3.63) is 59.9 Å². The predicted octanol–water partition coefficient (Wildman–Crippen LogP) is 4.14. The zero-order chi connectivity index (χ0) is 22.9. The molecule has 0 bridgehead atoms. The van der Waals surface area contributed by atoms with Crippen LogP contribution in [0.3, 0.4) is 0 Å². The van der Waals surface area contributed by atoms with Crippen LogP contribution in [-0.4, -0.2) is 52.1 Å². The Kier molecular flexibility index (Phi) is 5.51. The second kappa shape index (κ2) is 8.62. The summed E-state index contributed by atoms with van der Waals surface area (Å²) in [4.78, 5) is 29.9. The number of anilines is 3. The molecule has 8 nitrogen and oxygen atoms in total. The van der Waals surface area contributed by atoms with Crippen molar-refractivity contribution in [1.82, 2.24) is 19.9 Å². The van der Waals surface area contributed by atoms with Gasteiger partial charge < -0.3 is 20.9 Å². The van der Waals surface area contributed by atoms with Crippen molar-refractivity contribution in [3.8, 4) is 11.3 Å². The molecule has 0 aliphatic carbocycles. The second-order valence-corrected chi connectivity index (χ2v) is 8.84. The molecule has 2 amide bonds. The van der Waals surface area contributed by atoms with E-state index in [1.165, 1.54) is 23.5 Å². The lowest BCUT2D eigenvalue weighted by molar-refractivity contribution is 0.208. The Labute approximate surface area is 193 Å². The first-order valence-corrected chi connectivity index (χ1v) is 11.4. The number of aromatic nitrogens is 3. The van der Waals surface area contributed by atoms with Crippen LogP contribution in [0, 0.1) is 12.7 Å². The minimum atomic E-state index is -0.314. The van der Waals surface area contributed by atoms with Crippen LogP contribution in [0.5, 0.6) is 0 Å². The number of nitrogens with zero attached hydrogens (tertiary/aromatic N) is 5. The molecule has 1 aliphatic rings. The highest BCUT2D eigenvalue weighted by atomic mass is 32.1. The van der Waals surface area contributed by atoms with E-state index in [0.717, 1.165) is 26.6 Å². The van der Waals surface area contributed by atoms with Crippen LogP contribution in [0.1, 0.15) is 5.56 Å². The van der Waals surface area contributed by atoms with Crippen LogP contribution >= 0.6 is 11.3 Å². The predicted molar refractivity (Wildman–Crippen MR) is 129 cm³/mol. The molecule has 3 N–H and O–H groups in total. The lowest BCUT2D eigenvalue weighted by Crippen LogP contribution is -2.50. The van der Waals surface area contributed by atoms with Gasteiger partial charge in [-0.15, -0.1) is 0 Å². The minimum Gasteiger partial charge on any atom is -0.368 e. The van der Waals surface area contributed by atoms with Gasteiger partial charge in [0.2, 0.25) is 5.95 Å². The second-order valence-electron chi connectivity index (χ2n) is 7.86. The van der Waals surface area contributed by atoms with Gasteiger partial charge in [0.25, 0.3) is 0 Å². The Hall–Kier alpha value is -3.79. The first kappa shape index (κ1) is 21.1. The molecule has 1 aliphatic heterocycles. The van der Waals surface area contributed by atoms with Crippen molar-refractivity contribution >= 4 is 44.5 Å². The van der Waals surface area contributed by atoms with E-state index < -0.39 is 0 Å². The van der Waals surface area contributed by atoms with E-state index in [9.17, 15) is 9.18 Å². The van der Waals surface area contributed by atoms with Gasteiger partial charge in [-0.3, -0.25) is 0 Å². The van der Waals surface area contributed by atoms with Crippen molar-refractivity contribution < 1.29 is 9.18 Å². The van der Waals surface area contributed by atoms with Gasteiger partial charge in [-0.1, -0.05) is 23.5 Å². The summed E-state index contributed by atoms with van der Waals surface area (Å²) in [5.41, 5.74) is 9.70. The van der Waals surface area contributed by atoms with Crippen LogP contribution in [0.25, 0.3) is 21.6 Å². The van der Waals surface area contributed by atoms with Gasteiger partial charge in [-0.2, -0.15) is 9.97 Å². The molecule has 2 aromatic heterocycles. The fraction of sp³-hybridized carbons (Fsp3) is 0.217. The van der Waals surface area contributed by atoms with E-state index in [4.69, 9.17) is 5.73 Å². The van der Waals surface area contributed by atoms with E-state index in [-0.39, 0.29) is 17.8 Å². The maximum atomic E-state index is 13.4. The van der Waals surface area contributed by atoms with E-state index >= 15 is 0 Å². The van der Waals surface area contributed by atoms with Crippen molar-refractivity contribution in [3.63, 3.8) is 0 Å². The summed E-state index contributed by atoms with van der Waals surface area (Å²) in [5, 5.41) is 3.76.